The summed E-state index contributed by atoms with van der Waals surface area (Å²) in [4.78, 5) is 28.1. The molecule has 2 fully saturated rings. The first-order valence-corrected chi connectivity index (χ1v) is 12.3. The van der Waals surface area contributed by atoms with Crippen molar-refractivity contribution >= 4 is 23.2 Å². The molecule has 5 rings (SSSR count). The van der Waals surface area contributed by atoms with Crippen molar-refractivity contribution in [2.24, 2.45) is 0 Å². The molecule has 2 saturated heterocycles. The Bertz CT molecular complexity index is 1300. The van der Waals surface area contributed by atoms with Crippen LogP contribution in [-0.4, -0.2) is 56.8 Å². The number of carbonyl (C=O) groups is 2. The molecule has 0 saturated carbocycles. The number of hydrogen-bond donors (Lipinski definition) is 2. The van der Waals surface area contributed by atoms with Gasteiger partial charge < -0.3 is 20.2 Å². The number of carbonyl (C=O) groups excluding carboxylic acids is 1. The third kappa shape index (κ3) is 4.47. The molecule has 0 radical (unpaired) electrons. The fourth-order valence-electron chi connectivity index (χ4n) is 5.58. The average molecular weight is 498 g/mol. The van der Waals surface area contributed by atoms with Gasteiger partial charge in [-0.15, -0.1) is 0 Å². The van der Waals surface area contributed by atoms with Gasteiger partial charge in [-0.25, -0.2) is 18.1 Å². The molecule has 2 aliphatic heterocycles. The number of halogens is 2. The van der Waals surface area contributed by atoms with E-state index in [1.54, 1.807) is 10.7 Å². The maximum Gasteiger partial charge on any atom is 0.407 e. The minimum absolute atomic E-state index is 0.130. The standard InChI is InChI=1S/C26H29F2N5O3/c1-2-18-13-17(7-10-32(18)26(35)36)30-25(34)21-15-29-33-11-8-19(14-24(21)33)31-9-3-4-23(31)20-12-16(27)5-6-22(20)28/h5-6,8,11-12,14-15,17-18,23H,2-4,7,9-10,13H2,1H3,(H,30,34)(H,35,36). The van der Waals surface area contributed by atoms with Crippen molar-refractivity contribution in [3.05, 3.63) is 65.5 Å². The Balaban J connectivity index is 1.37. The van der Waals surface area contributed by atoms with Gasteiger partial charge >= 0.3 is 6.09 Å². The van der Waals surface area contributed by atoms with Crippen molar-refractivity contribution < 1.29 is 23.5 Å². The molecular weight excluding hydrogens is 468 g/mol. The van der Waals surface area contributed by atoms with Crippen molar-refractivity contribution in [1.29, 1.82) is 0 Å². The van der Waals surface area contributed by atoms with E-state index in [2.05, 4.69) is 10.4 Å². The second kappa shape index (κ2) is 9.75. The van der Waals surface area contributed by atoms with E-state index in [9.17, 15) is 23.5 Å². The summed E-state index contributed by atoms with van der Waals surface area (Å²) >= 11 is 0. The predicted molar refractivity (Wildman–Crippen MR) is 130 cm³/mol. The minimum Gasteiger partial charge on any atom is -0.465 e. The van der Waals surface area contributed by atoms with Crippen LogP contribution in [0.15, 0.2) is 42.7 Å². The van der Waals surface area contributed by atoms with Crippen LogP contribution in [0.5, 0.6) is 0 Å². The molecule has 0 spiro atoms. The number of anilines is 1. The van der Waals surface area contributed by atoms with Gasteiger partial charge in [-0.05, 0) is 62.4 Å². The molecule has 8 nitrogen and oxygen atoms in total. The molecule has 4 heterocycles. The largest absolute Gasteiger partial charge is 0.465 e. The van der Waals surface area contributed by atoms with Crippen LogP contribution < -0.4 is 10.2 Å². The molecule has 2 aromatic heterocycles. The van der Waals surface area contributed by atoms with Crippen molar-refractivity contribution in [3.63, 3.8) is 0 Å². The zero-order valence-corrected chi connectivity index (χ0v) is 20.0. The first-order chi connectivity index (χ1) is 17.4. The lowest BCUT2D eigenvalue weighted by molar-refractivity contribution is 0.0825. The number of carboxylic acid groups (broad SMARTS) is 1. The Morgan fingerprint density at radius 2 is 2.00 bits per heavy atom. The zero-order valence-electron chi connectivity index (χ0n) is 20.0. The van der Waals surface area contributed by atoms with Crippen LogP contribution in [0.3, 0.4) is 0 Å². The van der Waals surface area contributed by atoms with Gasteiger partial charge in [0.05, 0.1) is 23.3 Å². The van der Waals surface area contributed by atoms with Gasteiger partial charge in [-0.3, -0.25) is 4.79 Å². The molecule has 36 heavy (non-hydrogen) atoms. The lowest BCUT2D eigenvalue weighted by Crippen LogP contribution is -2.51. The van der Waals surface area contributed by atoms with Gasteiger partial charge in [0.15, 0.2) is 0 Å². The SMILES string of the molecule is CCC1CC(NC(=O)c2cnn3ccc(N4CCCC4c4cc(F)ccc4F)cc23)CCN1C(=O)O. The Hall–Kier alpha value is -3.69. The molecule has 2 aliphatic rings. The first kappa shape index (κ1) is 24.0. The van der Waals surface area contributed by atoms with E-state index in [1.165, 1.54) is 17.2 Å². The number of likely N-dealkylation sites (tertiary alicyclic amines) is 1. The monoisotopic (exact) mass is 497 g/mol. The summed E-state index contributed by atoms with van der Waals surface area (Å²) in [6.07, 6.45) is 5.68. The average Bonchev–Trinajstić information content (AvgIpc) is 3.52. The summed E-state index contributed by atoms with van der Waals surface area (Å²) in [5, 5.41) is 16.8. The zero-order chi connectivity index (χ0) is 25.4. The number of nitrogens with zero attached hydrogens (tertiary/aromatic N) is 4. The molecule has 3 aromatic rings. The molecule has 3 atom stereocenters. The molecule has 190 valence electrons. The molecule has 2 amide bonds. The minimum atomic E-state index is -0.930. The van der Waals surface area contributed by atoms with Gasteiger partial charge in [0, 0.05) is 42.6 Å². The van der Waals surface area contributed by atoms with Crippen molar-refractivity contribution in [1.82, 2.24) is 19.8 Å². The third-order valence-electron chi connectivity index (χ3n) is 7.42. The summed E-state index contributed by atoms with van der Waals surface area (Å²) in [5.74, 6) is -1.17. The summed E-state index contributed by atoms with van der Waals surface area (Å²) < 4.78 is 30.0. The van der Waals surface area contributed by atoms with Crippen LogP contribution in [0.2, 0.25) is 0 Å². The van der Waals surface area contributed by atoms with Crippen LogP contribution in [0.25, 0.3) is 5.52 Å². The molecule has 1 aromatic carbocycles. The van der Waals surface area contributed by atoms with Crippen molar-refractivity contribution in [2.75, 3.05) is 18.0 Å². The number of rotatable bonds is 5. The summed E-state index contributed by atoms with van der Waals surface area (Å²) in [5.41, 5.74) is 2.17. The number of aromatic nitrogens is 2. The molecule has 0 bridgehead atoms. The summed E-state index contributed by atoms with van der Waals surface area (Å²) in [7, 11) is 0. The molecule has 0 aliphatic carbocycles. The Labute approximate surface area is 207 Å². The maximum atomic E-state index is 14.5. The lowest BCUT2D eigenvalue weighted by Gasteiger charge is -2.37. The smallest absolute Gasteiger partial charge is 0.407 e. The Kier molecular flexibility index (Phi) is 6.51. The highest BCUT2D eigenvalue weighted by Crippen LogP contribution is 2.38. The van der Waals surface area contributed by atoms with Crippen LogP contribution in [0.4, 0.5) is 19.3 Å². The highest BCUT2D eigenvalue weighted by atomic mass is 19.1. The van der Waals surface area contributed by atoms with Crippen molar-refractivity contribution in [2.45, 2.75) is 57.2 Å². The first-order valence-electron chi connectivity index (χ1n) is 12.3. The van der Waals surface area contributed by atoms with Crippen molar-refractivity contribution in [3.8, 4) is 0 Å². The molecular formula is C26H29F2N5O3. The quantitative estimate of drug-likeness (QED) is 0.538. The molecule has 2 N–H and O–H groups in total. The van der Waals surface area contributed by atoms with E-state index in [0.29, 0.717) is 55.4 Å². The number of fused-ring (bicyclic) bond motifs is 1. The number of hydrogen-bond acceptors (Lipinski definition) is 4. The Morgan fingerprint density at radius 3 is 2.78 bits per heavy atom. The number of nitrogens with one attached hydrogen (secondary N) is 1. The van der Waals surface area contributed by atoms with Crippen LogP contribution >= 0.6 is 0 Å². The highest BCUT2D eigenvalue weighted by Gasteiger charge is 2.32. The van der Waals surface area contributed by atoms with E-state index in [4.69, 9.17) is 0 Å². The Morgan fingerprint density at radius 1 is 1.17 bits per heavy atom. The number of amides is 2. The van der Waals surface area contributed by atoms with Crippen LogP contribution in [0, 0.1) is 11.6 Å². The lowest BCUT2D eigenvalue weighted by atomic mass is 9.95. The normalized spacial score (nSPS) is 22.2. The fourth-order valence-corrected chi connectivity index (χ4v) is 5.58. The predicted octanol–water partition coefficient (Wildman–Crippen LogP) is 4.60. The number of piperidine rings is 1. The van der Waals surface area contributed by atoms with E-state index in [1.807, 2.05) is 24.0 Å². The van der Waals surface area contributed by atoms with E-state index < -0.39 is 17.7 Å². The second-order valence-corrected chi connectivity index (χ2v) is 9.52. The summed E-state index contributed by atoms with van der Waals surface area (Å²) in [6, 6.07) is 6.71. The third-order valence-corrected chi connectivity index (χ3v) is 7.42. The van der Waals surface area contributed by atoms with Gasteiger partial charge in [0.25, 0.3) is 5.91 Å². The second-order valence-electron chi connectivity index (χ2n) is 9.52. The number of pyridine rings is 1. The summed E-state index contributed by atoms with van der Waals surface area (Å²) in [6.45, 7) is 3.01. The van der Waals surface area contributed by atoms with Gasteiger partial charge in [0.1, 0.15) is 11.6 Å². The van der Waals surface area contributed by atoms with Gasteiger partial charge in [0.2, 0.25) is 0 Å². The van der Waals surface area contributed by atoms with E-state index in [-0.39, 0.29) is 24.0 Å². The molecule has 3 unspecified atom stereocenters. The van der Waals surface area contributed by atoms with Gasteiger partial charge in [-0.2, -0.15) is 5.10 Å². The van der Waals surface area contributed by atoms with Gasteiger partial charge in [-0.1, -0.05) is 6.92 Å². The molecule has 10 heteroatoms. The van der Waals surface area contributed by atoms with E-state index >= 15 is 0 Å². The van der Waals surface area contributed by atoms with E-state index in [0.717, 1.165) is 24.2 Å². The van der Waals surface area contributed by atoms with Crippen LogP contribution in [0.1, 0.15) is 61.0 Å². The van der Waals surface area contributed by atoms with Crippen LogP contribution in [-0.2, 0) is 0 Å². The topological polar surface area (TPSA) is 90.2 Å². The fraction of sp³-hybridized carbons (Fsp3) is 0.423. The highest BCUT2D eigenvalue weighted by molar-refractivity contribution is 6.01. The number of benzene rings is 1. The maximum absolute atomic E-state index is 14.5.